The third-order valence-corrected chi connectivity index (χ3v) is 3.47. The van der Waals surface area contributed by atoms with E-state index in [1.54, 1.807) is 19.1 Å². The van der Waals surface area contributed by atoms with Crippen LogP contribution in [0.1, 0.15) is 25.0 Å². The van der Waals surface area contributed by atoms with Gasteiger partial charge in [-0.25, -0.2) is 5.43 Å². The molecule has 25 heavy (non-hydrogen) atoms. The number of phenols is 1. The molecule has 2 aromatic rings. The lowest BCUT2D eigenvalue weighted by Crippen LogP contribution is -2.34. The number of phenolic OH excluding ortho intramolecular Hbond substituents is 1. The molecule has 0 aliphatic rings. The zero-order valence-electron chi connectivity index (χ0n) is 14.6. The lowest BCUT2D eigenvalue weighted by molar-refractivity contribution is -0.121. The first-order chi connectivity index (χ1) is 12.0. The minimum Gasteiger partial charge on any atom is -0.504 e. The van der Waals surface area contributed by atoms with Crippen molar-refractivity contribution in [1.82, 2.24) is 5.43 Å². The van der Waals surface area contributed by atoms with Crippen LogP contribution in [-0.4, -0.2) is 29.9 Å². The van der Waals surface area contributed by atoms with Crippen molar-refractivity contribution in [3.63, 3.8) is 0 Å². The molecule has 2 rings (SSSR count). The Morgan fingerprint density at radius 1 is 1.32 bits per heavy atom. The monoisotopic (exact) mass is 341 g/mol. The maximum Gasteiger partial charge on any atom is 0.262 e. The summed E-state index contributed by atoms with van der Waals surface area (Å²) in [4.78, 5) is 12.1. The standard InChI is InChI=1S/C19H23N3O3/c1-4-25-18-9-8-15(11-17(18)23)12-20-22-19(24)14(3)21-16-7-5-6-13(2)10-16/h5-12,14,21,23H,4H2,1-3H3,(H,22,24)/b20-12-/t14-/m1/s1. The Kier molecular flexibility index (Phi) is 6.39. The van der Waals surface area contributed by atoms with Crippen LogP contribution in [0, 0.1) is 6.92 Å². The van der Waals surface area contributed by atoms with E-state index < -0.39 is 6.04 Å². The number of hydrogen-bond acceptors (Lipinski definition) is 5. The Balaban J connectivity index is 1.90. The number of nitrogens with one attached hydrogen (secondary N) is 2. The van der Waals surface area contributed by atoms with Crippen LogP contribution >= 0.6 is 0 Å². The molecule has 0 aromatic heterocycles. The number of carbonyl (C=O) groups is 1. The minimum atomic E-state index is -0.437. The summed E-state index contributed by atoms with van der Waals surface area (Å²) in [7, 11) is 0. The molecule has 0 bridgehead atoms. The van der Waals surface area contributed by atoms with Gasteiger partial charge in [0, 0.05) is 5.69 Å². The molecule has 0 aliphatic heterocycles. The van der Waals surface area contributed by atoms with E-state index in [0.717, 1.165) is 11.3 Å². The maximum atomic E-state index is 12.1. The second-order valence-corrected chi connectivity index (χ2v) is 5.63. The van der Waals surface area contributed by atoms with Crippen LogP contribution in [0.5, 0.6) is 11.5 Å². The number of aryl methyl sites for hydroxylation is 1. The van der Waals surface area contributed by atoms with E-state index in [1.807, 2.05) is 38.1 Å². The van der Waals surface area contributed by atoms with Gasteiger partial charge in [-0.15, -0.1) is 0 Å². The van der Waals surface area contributed by atoms with Gasteiger partial charge < -0.3 is 15.2 Å². The third kappa shape index (κ3) is 5.53. The topological polar surface area (TPSA) is 83.0 Å². The first kappa shape index (κ1) is 18.3. The summed E-state index contributed by atoms with van der Waals surface area (Å²) in [5, 5.41) is 16.9. The van der Waals surface area contributed by atoms with Crippen LogP contribution in [-0.2, 0) is 4.79 Å². The van der Waals surface area contributed by atoms with E-state index in [0.29, 0.717) is 17.9 Å². The normalized spacial score (nSPS) is 12.0. The molecule has 132 valence electrons. The van der Waals surface area contributed by atoms with Crippen molar-refractivity contribution >= 4 is 17.8 Å². The summed E-state index contributed by atoms with van der Waals surface area (Å²) in [6.07, 6.45) is 1.47. The molecule has 0 saturated carbocycles. The molecule has 1 atom stereocenters. The largest absolute Gasteiger partial charge is 0.504 e. The van der Waals surface area contributed by atoms with Gasteiger partial charge in [0.25, 0.3) is 5.91 Å². The molecule has 2 aromatic carbocycles. The van der Waals surface area contributed by atoms with E-state index in [-0.39, 0.29) is 11.7 Å². The van der Waals surface area contributed by atoms with Crippen LogP contribution in [0.4, 0.5) is 5.69 Å². The summed E-state index contributed by atoms with van der Waals surface area (Å²) in [5.74, 6) is 0.194. The summed E-state index contributed by atoms with van der Waals surface area (Å²) >= 11 is 0. The van der Waals surface area contributed by atoms with Gasteiger partial charge in [0.2, 0.25) is 0 Å². The predicted octanol–water partition coefficient (Wildman–Crippen LogP) is 3.05. The second-order valence-electron chi connectivity index (χ2n) is 5.63. The number of amides is 1. The molecule has 1 amide bonds. The number of hydrazone groups is 1. The highest BCUT2D eigenvalue weighted by Gasteiger charge is 2.11. The molecule has 0 unspecified atom stereocenters. The summed E-state index contributed by atoms with van der Waals surface area (Å²) in [5.41, 5.74) is 5.13. The average molecular weight is 341 g/mol. The molecule has 0 heterocycles. The number of anilines is 1. The first-order valence-electron chi connectivity index (χ1n) is 8.11. The number of aromatic hydroxyl groups is 1. The van der Waals surface area contributed by atoms with Crippen molar-refractivity contribution in [2.24, 2.45) is 5.10 Å². The minimum absolute atomic E-state index is 0.0339. The molecule has 0 radical (unpaired) electrons. The van der Waals surface area contributed by atoms with Gasteiger partial charge in [-0.2, -0.15) is 5.10 Å². The lowest BCUT2D eigenvalue weighted by atomic mass is 10.2. The number of nitrogens with zero attached hydrogens (tertiary/aromatic N) is 1. The van der Waals surface area contributed by atoms with Crippen LogP contribution in [0.3, 0.4) is 0 Å². The summed E-state index contributed by atoms with van der Waals surface area (Å²) < 4.78 is 5.26. The number of ether oxygens (including phenoxy) is 1. The van der Waals surface area contributed by atoms with Crippen LogP contribution in [0.25, 0.3) is 0 Å². The van der Waals surface area contributed by atoms with Gasteiger partial charge in [-0.3, -0.25) is 4.79 Å². The van der Waals surface area contributed by atoms with Gasteiger partial charge in [-0.05, 0) is 62.2 Å². The molecule has 0 spiro atoms. The Labute approximate surface area is 147 Å². The van der Waals surface area contributed by atoms with E-state index in [2.05, 4.69) is 15.8 Å². The van der Waals surface area contributed by atoms with Crippen LogP contribution in [0.15, 0.2) is 47.6 Å². The van der Waals surface area contributed by atoms with E-state index >= 15 is 0 Å². The molecular formula is C19H23N3O3. The Morgan fingerprint density at radius 3 is 2.80 bits per heavy atom. The van der Waals surface area contributed by atoms with E-state index in [4.69, 9.17) is 4.74 Å². The van der Waals surface area contributed by atoms with Crippen LogP contribution < -0.4 is 15.5 Å². The molecule has 0 saturated heterocycles. The highest BCUT2D eigenvalue weighted by atomic mass is 16.5. The van der Waals surface area contributed by atoms with Gasteiger partial charge in [-0.1, -0.05) is 12.1 Å². The Morgan fingerprint density at radius 2 is 2.12 bits per heavy atom. The average Bonchev–Trinajstić information content (AvgIpc) is 2.57. The number of rotatable bonds is 7. The fourth-order valence-electron chi connectivity index (χ4n) is 2.21. The second kappa shape index (κ2) is 8.73. The van der Waals surface area contributed by atoms with E-state index in [9.17, 15) is 9.90 Å². The van der Waals surface area contributed by atoms with Crippen molar-refractivity contribution < 1.29 is 14.6 Å². The summed E-state index contributed by atoms with van der Waals surface area (Å²) in [6, 6.07) is 12.3. The zero-order chi connectivity index (χ0) is 18.2. The SMILES string of the molecule is CCOc1ccc(/C=N\NC(=O)[C@@H](C)Nc2cccc(C)c2)cc1O. The van der Waals surface area contributed by atoms with Gasteiger partial charge >= 0.3 is 0 Å². The van der Waals surface area contributed by atoms with E-state index in [1.165, 1.54) is 12.3 Å². The van der Waals surface area contributed by atoms with Crippen molar-refractivity contribution in [3.8, 4) is 11.5 Å². The number of hydrogen-bond donors (Lipinski definition) is 3. The van der Waals surface area contributed by atoms with Gasteiger partial charge in [0.05, 0.1) is 12.8 Å². The molecule has 6 heteroatoms. The summed E-state index contributed by atoms with van der Waals surface area (Å²) in [6.45, 7) is 6.07. The Hall–Kier alpha value is -3.02. The quantitative estimate of drug-likeness (QED) is 0.534. The highest BCUT2D eigenvalue weighted by Crippen LogP contribution is 2.26. The molecule has 3 N–H and O–H groups in total. The fourth-order valence-corrected chi connectivity index (χ4v) is 2.21. The first-order valence-corrected chi connectivity index (χ1v) is 8.11. The van der Waals surface area contributed by atoms with Gasteiger partial charge in [0.15, 0.2) is 11.5 Å². The highest BCUT2D eigenvalue weighted by molar-refractivity contribution is 5.86. The fraction of sp³-hybridized carbons (Fsp3) is 0.263. The van der Waals surface area contributed by atoms with Crippen molar-refractivity contribution in [2.45, 2.75) is 26.8 Å². The van der Waals surface area contributed by atoms with Crippen molar-refractivity contribution in [1.29, 1.82) is 0 Å². The van der Waals surface area contributed by atoms with Crippen molar-refractivity contribution in [3.05, 3.63) is 53.6 Å². The number of carbonyl (C=O) groups excluding carboxylic acids is 1. The van der Waals surface area contributed by atoms with Gasteiger partial charge in [0.1, 0.15) is 6.04 Å². The van der Waals surface area contributed by atoms with Crippen molar-refractivity contribution in [2.75, 3.05) is 11.9 Å². The van der Waals surface area contributed by atoms with Crippen LogP contribution in [0.2, 0.25) is 0 Å². The molecule has 0 aliphatic carbocycles. The smallest absolute Gasteiger partial charge is 0.262 e. The Bertz CT molecular complexity index is 759. The number of benzene rings is 2. The third-order valence-electron chi connectivity index (χ3n) is 3.47. The maximum absolute atomic E-state index is 12.1. The molecule has 6 nitrogen and oxygen atoms in total. The predicted molar refractivity (Wildman–Crippen MR) is 99.3 cm³/mol. The lowest BCUT2D eigenvalue weighted by Gasteiger charge is -2.13. The molecule has 0 fully saturated rings. The molecular weight excluding hydrogens is 318 g/mol. The zero-order valence-corrected chi connectivity index (χ0v) is 14.6.